The molecule has 2 rings (SSSR count). The third-order valence-corrected chi connectivity index (χ3v) is 3.66. The van der Waals surface area contributed by atoms with Crippen molar-refractivity contribution in [2.24, 2.45) is 0 Å². The van der Waals surface area contributed by atoms with Crippen molar-refractivity contribution >= 4 is 5.82 Å². The quantitative estimate of drug-likeness (QED) is 0.785. The van der Waals surface area contributed by atoms with Crippen LogP contribution in [0, 0.1) is 0 Å². The molecule has 1 aliphatic rings. The summed E-state index contributed by atoms with van der Waals surface area (Å²) in [6, 6.07) is 0.656. The lowest BCUT2D eigenvalue weighted by Crippen LogP contribution is -2.29. The Bertz CT molecular complexity index is 343. The monoisotopic (exact) mass is 248 g/mol. The number of aromatic nitrogens is 2. The molecule has 0 aromatic carbocycles. The lowest BCUT2D eigenvalue weighted by atomic mass is 10.2. The van der Waals surface area contributed by atoms with Gasteiger partial charge >= 0.3 is 0 Å². The van der Waals surface area contributed by atoms with Crippen LogP contribution in [0.5, 0.6) is 0 Å². The Morgan fingerprint density at radius 2 is 2.06 bits per heavy atom. The summed E-state index contributed by atoms with van der Waals surface area (Å²) in [4.78, 5) is 11.3. The Morgan fingerprint density at radius 1 is 1.28 bits per heavy atom. The maximum atomic E-state index is 4.53. The fourth-order valence-electron chi connectivity index (χ4n) is 2.49. The van der Waals surface area contributed by atoms with Crippen molar-refractivity contribution in [2.75, 3.05) is 18.5 Å². The van der Waals surface area contributed by atoms with Gasteiger partial charge in [-0.05, 0) is 25.8 Å². The molecular weight excluding hydrogens is 224 g/mol. The van der Waals surface area contributed by atoms with Gasteiger partial charge in [0.1, 0.15) is 5.82 Å². The highest BCUT2D eigenvalue weighted by Crippen LogP contribution is 2.25. The number of hydrogen-bond acceptors (Lipinski definition) is 4. The van der Waals surface area contributed by atoms with E-state index in [-0.39, 0.29) is 0 Å². The van der Waals surface area contributed by atoms with Crippen LogP contribution in [0.1, 0.15) is 44.7 Å². The van der Waals surface area contributed by atoms with E-state index in [9.17, 15) is 0 Å². The van der Waals surface area contributed by atoms with Crippen LogP contribution < -0.4 is 10.2 Å². The second-order valence-electron chi connectivity index (χ2n) is 5.09. The number of anilines is 1. The van der Waals surface area contributed by atoms with Gasteiger partial charge in [0.05, 0.1) is 18.1 Å². The number of hydrogen-bond donors (Lipinski definition) is 1. The number of rotatable bonds is 6. The molecule has 4 heteroatoms. The fourth-order valence-corrected chi connectivity index (χ4v) is 2.49. The Morgan fingerprint density at radius 3 is 2.67 bits per heavy atom. The van der Waals surface area contributed by atoms with Gasteiger partial charge in [0.25, 0.3) is 0 Å². The van der Waals surface area contributed by atoms with Crippen molar-refractivity contribution in [1.29, 1.82) is 0 Å². The average Bonchev–Trinajstić information content (AvgIpc) is 2.93. The Balaban J connectivity index is 1.89. The first-order chi connectivity index (χ1) is 8.81. The molecule has 0 bridgehead atoms. The Hall–Kier alpha value is -1.16. The van der Waals surface area contributed by atoms with Gasteiger partial charge in [-0.2, -0.15) is 0 Å². The lowest BCUT2D eigenvalue weighted by Gasteiger charge is -2.24. The molecule has 1 aromatic rings. The normalized spacial score (nSPS) is 16.1. The van der Waals surface area contributed by atoms with E-state index < -0.39 is 0 Å². The van der Waals surface area contributed by atoms with Gasteiger partial charge in [-0.25, -0.2) is 4.98 Å². The molecule has 100 valence electrons. The minimum atomic E-state index is 0.656. The summed E-state index contributed by atoms with van der Waals surface area (Å²) >= 11 is 0. The van der Waals surface area contributed by atoms with E-state index >= 15 is 0 Å². The highest BCUT2D eigenvalue weighted by atomic mass is 15.2. The van der Waals surface area contributed by atoms with Crippen LogP contribution in [0.2, 0.25) is 0 Å². The zero-order chi connectivity index (χ0) is 12.8. The second-order valence-corrected chi connectivity index (χ2v) is 5.09. The van der Waals surface area contributed by atoms with E-state index in [0.717, 1.165) is 31.0 Å². The van der Waals surface area contributed by atoms with Gasteiger partial charge in [0, 0.05) is 19.6 Å². The van der Waals surface area contributed by atoms with Crippen LogP contribution >= 0.6 is 0 Å². The first-order valence-electron chi connectivity index (χ1n) is 7.05. The Kier molecular flexibility index (Phi) is 4.93. The molecule has 0 aliphatic heterocycles. The molecule has 1 fully saturated rings. The molecule has 1 aromatic heterocycles. The predicted molar refractivity (Wildman–Crippen MR) is 74.7 cm³/mol. The maximum absolute atomic E-state index is 4.53. The van der Waals surface area contributed by atoms with Crippen LogP contribution in [0.25, 0.3) is 0 Å². The van der Waals surface area contributed by atoms with Crippen LogP contribution in [-0.4, -0.2) is 29.6 Å². The molecular formula is C14H24N4. The van der Waals surface area contributed by atoms with E-state index in [2.05, 4.69) is 34.2 Å². The molecule has 1 aliphatic carbocycles. The minimum Gasteiger partial charge on any atom is -0.355 e. The molecule has 1 heterocycles. The van der Waals surface area contributed by atoms with Gasteiger partial charge in [-0.1, -0.05) is 19.8 Å². The van der Waals surface area contributed by atoms with Crippen molar-refractivity contribution in [3.63, 3.8) is 0 Å². The SMILES string of the molecule is CCCNCc1cnc(N(C)C2CCCC2)cn1. The van der Waals surface area contributed by atoms with E-state index in [1.807, 2.05) is 12.4 Å². The lowest BCUT2D eigenvalue weighted by molar-refractivity contribution is 0.639. The summed E-state index contributed by atoms with van der Waals surface area (Å²) in [5.74, 6) is 1.00. The van der Waals surface area contributed by atoms with E-state index in [0.29, 0.717) is 6.04 Å². The van der Waals surface area contributed by atoms with Crippen molar-refractivity contribution in [3.05, 3.63) is 18.1 Å². The molecule has 0 saturated heterocycles. The molecule has 0 unspecified atom stereocenters. The van der Waals surface area contributed by atoms with Crippen molar-refractivity contribution in [2.45, 2.75) is 51.6 Å². The molecule has 4 nitrogen and oxygen atoms in total. The van der Waals surface area contributed by atoms with Crippen LogP contribution in [0.4, 0.5) is 5.82 Å². The summed E-state index contributed by atoms with van der Waals surface area (Å²) < 4.78 is 0. The minimum absolute atomic E-state index is 0.656. The summed E-state index contributed by atoms with van der Waals surface area (Å²) in [6.07, 6.45) is 10.2. The van der Waals surface area contributed by atoms with E-state index in [1.54, 1.807) is 0 Å². The molecule has 1 N–H and O–H groups in total. The van der Waals surface area contributed by atoms with Crippen molar-refractivity contribution < 1.29 is 0 Å². The van der Waals surface area contributed by atoms with Gasteiger partial charge < -0.3 is 10.2 Å². The van der Waals surface area contributed by atoms with E-state index in [1.165, 1.54) is 25.7 Å². The maximum Gasteiger partial charge on any atom is 0.147 e. The van der Waals surface area contributed by atoms with Gasteiger partial charge in [-0.15, -0.1) is 0 Å². The second kappa shape index (κ2) is 6.69. The van der Waals surface area contributed by atoms with Crippen molar-refractivity contribution in [1.82, 2.24) is 15.3 Å². The number of nitrogens with zero attached hydrogens (tertiary/aromatic N) is 3. The molecule has 18 heavy (non-hydrogen) atoms. The van der Waals surface area contributed by atoms with Gasteiger partial charge in [0.15, 0.2) is 0 Å². The van der Waals surface area contributed by atoms with Crippen LogP contribution in [0.3, 0.4) is 0 Å². The number of nitrogens with one attached hydrogen (secondary N) is 1. The van der Waals surface area contributed by atoms with Crippen molar-refractivity contribution in [3.8, 4) is 0 Å². The van der Waals surface area contributed by atoms with E-state index in [4.69, 9.17) is 0 Å². The summed E-state index contributed by atoms with van der Waals surface area (Å²) in [5, 5.41) is 3.34. The topological polar surface area (TPSA) is 41.1 Å². The summed E-state index contributed by atoms with van der Waals surface area (Å²) in [5.41, 5.74) is 1.02. The summed E-state index contributed by atoms with van der Waals surface area (Å²) in [7, 11) is 2.13. The van der Waals surface area contributed by atoms with Crippen LogP contribution in [0.15, 0.2) is 12.4 Å². The molecule has 0 spiro atoms. The van der Waals surface area contributed by atoms with Gasteiger partial charge in [-0.3, -0.25) is 4.98 Å². The zero-order valence-corrected chi connectivity index (χ0v) is 11.5. The molecule has 1 saturated carbocycles. The standard InChI is InChI=1S/C14H24N4/c1-3-8-15-9-12-10-17-14(11-16-12)18(2)13-6-4-5-7-13/h10-11,13,15H,3-9H2,1-2H3. The highest BCUT2D eigenvalue weighted by Gasteiger charge is 2.20. The first-order valence-corrected chi connectivity index (χ1v) is 7.05. The summed E-state index contributed by atoms with van der Waals surface area (Å²) in [6.45, 7) is 4.01. The predicted octanol–water partition coefficient (Wildman–Crippen LogP) is 2.36. The molecule has 0 atom stereocenters. The highest BCUT2D eigenvalue weighted by molar-refractivity contribution is 5.36. The third kappa shape index (κ3) is 3.42. The first kappa shape index (κ1) is 13.3. The molecule has 0 radical (unpaired) electrons. The fraction of sp³-hybridized carbons (Fsp3) is 0.714. The molecule has 0 amide bonds. The zero-order valence-electron chi connectivity index (χ0n) is 11.5. The smallest absolute Gasteiger partial charge is 0.147 e. The van der Waals surface area contributed by atoms with Gasteiger partial charge in [0.2, 0.25) is 0 Å². The average molecular weight is 248 g/mol. The largest absolute Gasteiger partial charge is 0.355 e. The third-order valence-electron chi connectivity index (χ3n) is 3.66. The Labute approximate surface area is 110 Å². The van der Waals surface area contributed by atoms with Crippen LogP contribution in [-0.2, 0) is 6.54 Å².